The first-order valence-electron chi connectivity index (χ1n) is 17.4. The van der Waals surface area contributed by atoms with E-state index in [0.717, 1.165) is 22.8 Å². The molecule has 0 spiro atoms. The van der Waals surface area contributed by atoms with Gasteiger partial charge in [-0.25, -0.2) is 0 Å². The molecule has 2 aliphatic rings. The average Bonchev–Trinajstić information content (AvgIpc) is 3.87. The van der Waals surface area contributed by atoms with Crippen molar-refractivity contribution in [2.24, 2.45) is 0 Å². The van der Waals surface area contributed by atoms with Crippen LogP contribution in [0.15, 0.2) is 92.7 Å². The number of hydrogen-bond donors (Lipinski definition) is 0. The Kier molecular flexibility index (Phi) is 9.78. The van der Waals surface area contributed by atoms with Crippen LogP contribution in [0.25, 0.3) is 11.4 Å². The van der Waals surface area contributed by atoms with Crippen LogP contribution in [-0.4, -0.2) is 9.13 Å². The van der Waals surface area contributed by atoms with Gasteiger partial charge in [0.25, 0.3) is 0 Å². The van der Waals surface area contributed by atoms with E-state index in [0.29, 0.717) is 20.6 Å². The van der Waals surface area contributed by atoms with E-state index in [1.165, 1.54) is 24.3 Å². The summed E-state index contributed by atoms with van der Waals surface area (Å²) in [5, 5.41) is 0. The van der Waals surface area contributed by atoms with Crippen LogP contribution in [0, 0.1) is 23.3 Å². The predicted octanol–water partition coefficient (Wildman–Crippen LogP) is 11.1. The Balaban J connectivity index is 1.77. The third-order valence-electron chi connectivity index (χ3n) is 10.1. The molecular formula is C42H46F4N2Ti. The Hall–Kier alpha value is -3.61. The molecule has 0 unspecified atom stereocenters. The molecule has 0 radical (unpaired) electrons. The second-order valence-electron chi connectivity index (χ2n) is 14.6. The molecule has 49 heavy (non-hydrogen) atoms. The van der Waals surface area contributed by atoms with Gasteiger partial charge in [0.1, 0.15) is 0 Å². The SMILES string of the molecule is CC(C)c1ccc(C(C)C)n1-c1ccc(F)[c]([Ti]([C]2=CC=CC2)([C]2=CC=CC2)[c]2c(F)ccc(-n3c(C(C)C)ccc3C(C)C)c2F)c1F. The quantitative estimate of drug-likeness (QED) is 0.115. The van der Waals surface area contributed by atoms with Gasteiger partial charge in [-0.2, -0.15) is 0 Å². The zero-order valence-electron chi connectivity index (χ0n) is 29.7. The van der Waals surface area contributed by atoms with Gasteiger partial charge in [-0.15, -0.1) is 0 Å². The zero-order valence-corrected chi connectivity index (χ0v) is 31.3. The van der Waals surface area contributed by atoms with Crippen molar-refractivity contribution in [3.05, 3.63) is 139 Å². The molecule has 0 fully saturated rings. The van der Waals surface area contributed by atoms with E-state index < -0.39 is 39.9 Å². The van der Waals surface area contributed by atoms with Crippen molar-refractivity contribution in [2.45, 2.75) is 91.9 Å². The zero-order chi connectivity index (χ0) is 35.4. The van der Waals surface area contributed by atoms with Gasteiger partial charge in [0.15, 0.2) is 0 Å². The topological polar surface area (TPSA) is 9.86 Å². The van der Waals surface area contributed by atoms with E-state index in [9.17, 15) is 0 Å². The summed E-state index contributed by atoms with van der Waals surface area (Å²) in [5.41, 5.74) is 3.95. The van der Waals surface area contributed by atoms with E-state index in [4.69, 9.17) is 0 Å². The standard InChI is InChI=1S/2C16H18F2N.2C5H5.Ti/c2*1-10(2)14-7-8-15(11(3)4)19(14)16-6-5-12(17)9-13(16)18;2*1-2-4-5-3-1;/h2*5-8,10-11H,1-4H3;2*1-3H,4H2;. The molecule has 0 N–H and O–H groups in total. The molecule has 0 atom stereocenters. The van der Waals surface area contributed by atoms with Gasteiger partial charge in [0.2, 0.25) is 0 Å². The summed E-state index contributed by atoms with van der Waals surface area (Å²) in [5.74, 6) is -2.86. The van der Waals surface area contributed by atoms with Crippen LogP contribution in [0.2, 0.25) is 0 Å². The third-order valence-corrected chi connectivity index (χ3v) is 18.1. The van der Waals surface area contributed by atoms with E-state index in [1.54, 1.807) is 0 Å². The minimum absolute atomic E-state index is 0.0496. The maximum absolute atomic E-state index is 17.9. The Morgan fingerprint density at radius 1 is 0.490 bits per heavy atom. The second-order valence-corrected chi connectivity index (χ2v) is 20.5. The number of halogens is 4. The maximum atomic E-state index is 17.9. The van der Waals surface area contributed by atoms with Gasteiger partial charge in [-0.3, -0.25) is 0 Å². The fourth-order valence-electron chi connectivity index (χ4n) is 7.84. The van der Waals surface area contributed by atoms with Crippen molar-refractivity contribution >= 4 is 7.74 Å². The van der Waals surface area contributed by atoms with Gasteiger partial charge < -0.3 is 0 Å². The first-order chi connectivity index (χ1) is 23.3. The number of benzene rings is 2. The molecule has 2 heterocycles. The van der Waals surface area contributed by atoms with Crippen LogP contribution in [0.3, 0.4) is 0 Å². The van der Waals surface area contributed by atoms with Crippen molar-refractivity contribution < 1.29 is 34.2 Å². The summed E-state index contributed by atoms with van der Waals surface area (Å²) in [6.45, 7) is 16.3. The Labute approximate surface area is 291 Å². The molecular weight excluding hydrogens is 656 g/mol. The number of nitrogens with zero attached hydrogens (tertiary/aromatic N) is 2. The number of aromatic nitrogens is 2. The molecule has 2 aliphatic carbocycles. The molecule has 2 nitrogen and oxygen atoms in total. The number of allylic oxidation sites excluding steroid dienone is 8. The average molecular weight is 703 g/mol. The molecule has 2 aromatic heterocycles. The van der Waals surface area contributed by atoms with Crippen LogP contribution < -0.4 is 7.74 Å². The van der Waals surface area contributed by atoms with Crippen LogP contribution in [0.5, 0.6) is 0 Å². The molecule has 0 saturated carbocycles. The van der Waals surface area contributed by atoms with Crippen LogP contribution >= 0.6 is 0 Å². The summed E-state index contributed by atoms with van der Waals surface area (Å²) in [6, 6.07) is 13.5. The van der Waals surface area contributed by atoms with Crippen molar-refractivity contribution in [2.75, 3.05) is 0 Å². The van der Waals surface area contributed by atoms with E-state index in [-0.39, 0.29) is 42.8 Å². The van der Waals surface area contributed by atoms with Crippen molar-refractivity contribution in [3.8, 4) is 11.4 Å². The van der Waals surface area contributed by atoms with E-state index >= 15 is 17.6 Å². The normalized spacial score (nSPS) is 14.8. The van der Waals surface area contributed by atoms with Gasteiger partial charge >= 0.3 is 293 Å². The summed E-state index contributed by atoms with van der Waals surface area (Å²) >= 11 is -5.07. The summed E-state index contributed by atoms with van der Waals surface area (Å²) in [7, 11) is 0. The van der Waals surface area contributed by atoms with Crippen molar-refractivity contribution in [1.29, 1.82) is 0 Å². The monoisotopic (exact) mass is 702 g/mol. The Bertz CT molecular complexity index is 1840. The second kappa shape index (κ2) is 13.6. The van der Waals surface area contributed by atoms with E-state index in [2.05, 4.69) is 0 Å². The van der Waals surface area contributed by atoms with E-state index in [1.807, 2.05) is 125 Å². The fourth-order valence-corrected chi connectivity index (χ4v) is 16.1. The van der Waals surface area contributed by atoms with Crippen LogP contribution in [0.1, 0.15) is 115 Å². The molecule has 4 aromatic rings. The fraction of sp³-hybridized carbons (Fsp3) is 0.333. The minimum atomic E-state index is -5.07. The molecule has 0 bridgehead atoms. The van der Waals surface area contributed by atoms with Crippen molar-refractivity contribution in [1.82, 2.24) is 9.13 Å². The molecule has 2 aromatic carbocycles. The van der Waals surface area contributed by atoms with Gasteiger partial charge in [0, 0.05) is 0 Å². The molecule has 7 heteroatoms. The number of rotatable bonds is 10. The molecule has 6 rings (SSSR count). The third kappa shape index (κ3) is 5.69. The van der Waals surface area contributed by atoms with Crippen molar-refractivity contribution in [3.63, 3.8) is 0 Å². The molecule has 256 valence electrons. The summed E-state index contributed by atoms with van der Waals surface area (Å²) in [4.78, 5) is 0. The Morgan fingerprint density at radius 2 is 0.816 bits per heavy atom. The molecule has 0 saturated heterocycles. The number of hydrogen-bond acceptors (Lipinski definition) is 0. The van der Waals surface area contributed by atoms with Gasteiger partial charge in [0.05, 0.1) is 0 Å². The van der Waals surface area contributed by atoms with Crippen LogP contribution in [-0.2, 0) is 16.6 Å². The van der Waals surface area contributed by atoms with Gasteiger partial charge in [-0.05, 0) is 0 Å². The molecule has 0 amide bonds. The Morgan fingerprint density at radius 3 is 1.08 bits per heavy atom. The first kappa shape index (κ1) is 35.2. The predicted molar refractivity (Wildman–Crippen MR) is 191 cm³/mol. The first-order valence-corrected chi connectivity index (χ1v) is 20.6. The van der Waals surface area contributed by atoms with Crippen LogP contribution in [0.4, 0.5) is 17.6 Å². The van der Waals surface area contributed by atoms with Gasteiger partial charge in [-0.1, -0.05) is 0 Å². The summed E-state index contributed by atoms with van der Waals surface area (Å²) in [6.07, 6.45) is 11.9. The summed E-state index contributed by atoms with van der Waals surface area (Å²) < 4.78 is 74.4. The molecule has 0 aliphatic heterocycles.